The Morgan fingerprint density at radius 1 is 1.33 bits per heavy atom. The number of hydrogen-bond acceptors (Lipinski definition) is 2. The van der Waals surface area contributed by atoms with Crippen LogP contribution in [0.1, 0.15) is 17.2 Å². The molecule has 0 aromatic heterocycles. The van der Waals surface area contributed by atoms with Gasteiger partial charge in [0.2, 0.25) is 0 Å². The third kappa shape index (κ3) is 1.61. The molecule has 1 aromatic carbocycles. The molecule has 0 fully saturated rings. The summed E-state index contributed by atoms with van der Waals surface area (Å²) in [5.74, 6) is 0. The lowest BCUT2D eigenvalue weighted by Crippen LogP contribution is -2.23. The van der Waals surface area contributed by atoms with Crippen LogP contribution in [0.15, 0.2) is 24.3 Å². The zero-order valence-corrected chi connectivity index (χ0v) is 7.51. The number of ether oxygens (including phenoxy) is 1. The Morgan fingerprint density at radius 2 is 2.08 bits per heavy atom. The Hall–Kier alpha value is -0.570. The minimum absolute atomic E-state index is 0. The number of rotatable bonds is 0. The summed E-state index contributed by atoms with van der Waals surface area (Å²) in [4.78, 5) is 0. The number of benzene rings is 1. The van der Waals surface area contributed by atoms with Crippen LogP contribution < -0.4 is 5.73 Å². The van der Waals surface area contributed by atoms with E-state index < -0.39 is 0 Å². The summed E-state index contributed by atoms with van der Waals surface area (Å²) in [6.45, 7) is 1.36. The lowest BCUT2D eigenvalue weighted by atomic mass is 10.0. The largest absolute Gasteiger partial charge is 0.375 e. The van der Waals surface area contributed by atoms with Crippen LogP contribution in [0, 0.1) is 0 Å². The van der Waals surface area contributed by atoms with Gasteiger partial charge in [-0.1, -0.05) is 24.3 Å². The predicted octanol–water partition coefficient (Wildman–Crippen LogP) is 1.64. The summed E-state index contributed by atoms with van der Waals surface area (Å²) in [6.07, 6.45) is 0. The van der Waals surface area contributed by atoms with Crippen molar-refractivity contribution in [2.24, 2.45) is 5.73 Å². The van der Waals surface area contributed by atoms with E-state index in [0.29, 0.717) is 13.2 Å². The smallest absolute Gasteiger partial charge is 0.0721 e. The Kier molecular flexibility index (Phi) is 3.09. The standard InChI is InChI=1S/C9H11NO.ClH/c10-9-6-11-5-7-3-1-2-4-8(7)9;/h1-4,9H,5-6,10H2;1H. The molecule has 2 N–H and O–H groups in total. The van der Waals surface area contributed by atoms with Gasteiger partial charge >= 0.3 is 0 Å². The molecule has 1 unspecified atom stereocenters. The maximum absolute atomic E-state index is 5.82. The monoisotopic (exact) mass is 185 g/mol. The number of halogens is 1. The summed E-state index contributed by atoms with van der Waals surface area (Å²) in [6, 6.07) is 8.24. The van der Waals surface area contributed by atoms with Gasteiger partial charge in [-0.2, -0.15) is 0 Å². The van der Waals surface area contributed by atoms with E-state index in [1.165, 1.54) is 11.1 Å². The topological polar surface area (TPSA) is 35.2 Å². The molecule has 0 bridgehead atoms. The van der Waals surface area contributed by atoms with Crippen molar-refractivity contribution in [2.75, 3.05) is 6.61 Å². The van der Waals surface area contributed by atoms with E-state index in [1.54, 1.807) is 0 Å². The van der Waals surface area contributed by atoms with Crippen molar-refractivity contribution >= 4 is 12.4 Å². The first-order chi connectivity index (χ1) is 5.38. The van der Waals surface area contributed by atoms with Gasteiger partial charge in [0.25, 0.3) is 0 Å². The molecule has 0 aliphatic carbocycles. The van der Waals surface area contributed by atoms with Crippen LogP contribution in [0.3, 0.4) is 0 Å². The van der Waals surface area contributed by atoms with Crippen LogP contribution in [0.5, 0.6) is 0 Å². The third-order valence-electron chi connectivity index (χ3n) is 2.01. The average molecular weight is 186 g/mol. The van der Waals surface area contributed by atoms with Gasteiger partial charge in [-0.3, -0.25) is 0 Å². The molecule has 1 heterocycles. The van der Waals surface area contributed by atoms with E-state index in [2.05, 4.69) is 12.1 Å². The van der Waals surface area contributed by atoms with Gasteiger partial charge in [0.15, 0.2) is 0 Å². The van der Waals surface area contributed by atoms with Crippen molar-refractivity contribution in [1.29, 1.82) is 0 Å². The molecular weight excluding hydrogens is 174 g/mol. The molecule has 0 amide bonds. The number of fused-ring (bicyclic) bond motifs is 1. The number of nitrogens with two attached hydrogens (primary N) is 1. The molecule has 12 heavy (non-hydrogen) atoms. The molecule has 1 aromatic rings. The Labute approximate surface area is 78.1 Å². The Balaban J connectivity index is 0.000000720. The van der Waals surface area contributed by atoms with Gasteiger partial charge in [0, 0.05) is 0 Å². The van der Waals surface area contributed by atoms with Gasteiger partial charge in [-0.15, -0.1) is 12.4 Å². The van der Waals surface area contributed by atoms with Crippen LogP contribution in [-0.4, -0.2) is 6.61 Å². The summed E-state index contributed by atoms with van der Waals surface area (Å²) in [5, 5.41) is 0. The normalized spacial score (nSPS) is 20.9. The lowest BCUT2D eigenvalue weighted by Gasteiger charge is -2.21. The SMILES string of the molecule is Cl.NC1COCc2ccccc21. The maximum atomic E-state index is 5.82. The number of hydrogen-bond donors (Lipinski definition) is 1. The Morgan fingerprint density at radius 3 is 2.83 bits per heavy atom. The highest BCUT2D eigenvalue weighted by molar-refractivity contribution is 5.85. The van der Waals surface area contributed by atoms with E-state index in [4.69, 9.17) is 10.5 Å². The fourth-order valence-electron chi connectivity index (χ4n) is 1.41. The minimum atomic E-state index is 0. The third-order valence-corrected chi connectivity index (χ3v) is 2.01. The van der Waals surface area contributed by atoms with Crippen LogP contribution in [-0.2, 0) is 11.3 Å². The van der Waals surface area contributed by atoms with Gasteiger partial charge in [0.1, 0.15) is 0 Å². The van der Waals surface area contributed by atoms with Crippen molar-refractivity contribution in [3.05, 3.63) is 35.4 Å². The van der Waals surface area contributed by atoms with E-state index in [-0.39, 0.29) is 18.4 Å². The van der Waals surface area contributed by atoms with Gasteiger partial charge in [-0.05, 0) is 11.1 Å². The molecule has 0 saturated heterocycles. The summed E-state index contributed by atoms with van der Waals surface area (Å²) in [5.41, 5.74) is 8.28. The minimum Gasteiger partial charge on any atom is -0.375 e. The maximum Gasteiger partial charge on any atom is 0.0721 e. The van der Waals surface area contributed by atoms with Crippen LogP contribution >= 0.6 is 12.4 Å². The molecule has 66 valence electrons. The summed E-state index contributed by atoms with van der Waals surface area (Å²) < 4.78 is 5.28. The van der Waals surface area contributed by atoms with Crippen LogP contribution in [0.2, 0.25) is 0 Å². The molecule has 2 rings (SSSR count). The van der Waals surface area contributed by atoms with E-state index in [0.717, 1.165) is 0 Å². The van der Waals surface area contributed by atoms with Gasteiger partial charge < -0.3 is 10.5 Å². The molecule has 0 saturated carbocycles. The second kappa shape index (κ2) is 3.90. The molecule has 1 aliphatic rings. The zero-order chi connectivity index (χ0) is 7.68. The lowest BCUT2D eigenvalue weighted by molar-refractivity contribution is 0.0924. The first-order valence-corrected chi connectivity index (χ1v) is 3.79. The zero-order valence-electron chi connectivity index (χ0n) is 6.69. The molecular formula is C9H12ClNO. The molecule has 2 nitrogen and oxygen atoms in total. The van der Waals surface area contributed by atoms with Crippen molar-refractivity contribution in [3.63, 3.8) is 0 Å². The van der Waals surface area contributed by atoms with Gasteiger partial charge in [0.05, 0.1) is 19.3 Å². The molecule has 1 aliphatic heterocycles. The van der Waals surface area contributed by atoms with E-state index in [1.807, 2.05) is 12.1 Å². The first kappa shape index (κ1) is 9.52. The van der Waals surface area contributed by atoms with Crippen molar-refractivity contribution < 1.29 is 4.74 Å². The van der Waals surface area contributed by atoms with Crippen LogP contribution in [0.25, 0.3) is 0 Å². The van der Waals surface area contributed by atoms with Crippen LogP contribution in [0.4, 0.5) is 0 Å². The molecule has 3 heteroatoms. The molecule has 1 atom stereocenters. The predicted molar refractivity (Wildman–Crippen MR) is 50.3 cm³/mol. The second-order valence-electron chi connectivity index (χ2n) is 2.82. The average Bonchev–Trinajstić information content (AvgIpc) is 2.06. The fourth-order valence-corrected chi connectivity index (χ4v) is 1.41. The summed E-state index contributed by atoms with van der Waals surface area (Å²) in [7, 11) is 0. The highest BCUT2D eigenvalue weighted by Gasteiger charge is 2.15. The van der Waals surface area contributed by atoms with Crippen molar-refractivity contribution in [3.8, 4) is 0 Å². The highest BCUT2D eigenvalue weighted by Crippen LogP contribution is 2.21. The quantitative estimate of drug-likeness (QED) is 0.667. The fraction of sp³-hybridized carbons (Fsp3) is 0.333. The van der Waals surface area contributed by atoms with Crippen molar-refractivity contribution in [1.82, 2.24) is 0 Å². The highest BCUT2D eigenvalue weighted by atomic mass is 35.5. The molecule has 0 radical (unpaired) electrons. The van der Waals surface area contributed by atoms with E-state index in [9.17, 15) is 0 Å². The van der Waals surface area contributed by atoms with Crippen molar-refractivity contribution in [2.45, 2.75) is 12.6 Å². The second-order valence-corrected chi connectivity index (χ2v) is 2.82. The van der Waals surface area contributed by atoms with Gasteiger partial charge in [-0.25, -0.2) is 0 Å². The van der Waals surface area contributed by atoms with E-state index >= 15 is 0 Å². The first-order valence-electron chi connectivity index (χ1n) is 3.79. The Bertz CT molecular complexity index is 264. The summed E-state index contributed by atoms with van der Waals surface area (Å²) >= 11 is 0. The molecule has 0 spiro atoms.